The van der Waals surface area contributed by atoms with Crippen molar-refractivity contribution in [3.63, 3.8) is 0 Å². The van der Waals surface area contributed by atoms with Crippen LogP contribution in [0.4, 0.5) is 23.2 Å². The molecule has 0 aliphatic rings. The molecule has 0 aliphatic heterocycles. The van der Waals surface area contributed by atoms with E-state index in [9.17, 15) is 22.4 Å². The van der Waals surface area contributed by atoms with Crippen molar-refractivity contribution < 1.29 is 22.4 Å². The van der Waals surface area contributed by atoms with Crippen molar-refractivity contribution in [2.75, 3.05) is 5.32 Å². The molecule has 0 aliphatic carbocycles. The van der Waals surface area contributed by atoms with Crippen LogP contribution in [-0.2, 0) is 6.18 Å². The first-order chi connectivity index (χ1) is 15.1. The molecule has 0 radical (unpaired) electrons. The highest BCUT2D eigenvalue weighted by molar-refractivity contribution is 6.30. The third-order valence-electron chi connectivity index (χ3n) is 4.40. The number of nitrogens with one attached hydrogen (secondary N) is 1. The van der Waals surface area contributed by atoms with Crippen molar-refractivity contribution in [3.05, 3.63) is 76.6 Å². The second kappa shape index (κ2) is 8.04. The van der Waals surface area contributed by atoms with E-state index in [0.717, 1.165) is 12.3 Å². The molecule has 0 unspecified atom stereocenters. The number of rotatable bonds is 4. The Kier molecular flexibility index (Phi) is 5.38. The van der Waals surface area contributed by atoms with Crippen LogP contribution in [0.2, 0.25) is 5.02 Å². The SMILES string of the molecule is Cc1nnnn1-c1ccc(F)c(NC(=O)c2cnn(-c3cccc(Cl)c3)c2C(F)(F)F)c1. The molecule has 2 aromatic carbocycles. The fourth-order valence-electron chi connectivity index (χ4n) is 2.99. The number of amides is 1. The van der Waals surface area contributed by atoms with Gasteiger partial charge < -0.3 is 5.32 Å². The molecule has 1 N–H and O–H groups in total. The molecule has 8 nitrogen and oxygen atoms in total. The van der Waals surface area contributed by atoms with Crippen molar-refractivity contribution in [1.29, 1.82) is 0 Å². The predicted octanol–water partition coefficient (Wildman–Crippen LogP) is 4.22. The lowest BCUT2D eigenvalue weighted by molar-refractivity contribution is -0.143. The van der Waals surface area contributed by atoms with E-state index in [-0.39, 0.29) is 16.4 Å². The minimum Gasteiger partial charge on any atom is -0.319 e. The van der Waals surface area contributed by atoms with E-state index in [4.69, 9.17) is 11.6 Å². The van der Waals surface area contributed by atoms with Crippen LogP contribution >= 0.6 is 11.6 Å². The second-order valence-corrected chi connectivity index (χ2v) is 6.99. The highest BCUT2D eigenvalue weighted by atomic mass is 35.5. The molecule has 32 heavy (non-hydrogen) atoms. The Balaban J connectivity index is 1.73. The maximum Gasteiger partial charge on any atom is 0.434 e. The minimum atomic E-state index is -4.94. The highest BCUT2D eigenvalue weighted by Crippen LogP contribution is 2.34. The monoisotopic (exact) mass is 465 g/mol. The van der Waals surface area contributed by atoms with E-state index in [0.29, 0.717) is 16.2 Å². The molecule has 4 aromatic rings. The quantitative estimate of drug-likeness (QED) is 0.456. The van der Waals surface area contributed by atoms with Gasteiger partial charge in [-0.2, -0.15) is 23.0 Å². The number of aryl methyl sites for hydroxylation is 1. The molecule has 1 amide bonds. The largest absolute Gasteiger partial charge is 0.434 e. The molecular weight excluding hydrogens is 454 g/mol. The summed E-state index contributed by atoms with van der Waals surface area (Å²) in [6, 6.07) is 9.14. The zero-order chi connectivity index (χ0) is 23.0. The number of benzene rings is 2. The summed E-state index contributed by atoms with van der Waals surface area (Å²) in [5.41, 5.74) is -2.17. The molecule has 0 saturated carbocycles. The number of aromatic nitrogens is 6. The standard InChI is InChI=1S/C19H12ClF4N7O/c1-10-27-28-29-30(10)13-5-6-15(21)16(8-13)26-18(32)14-9-25-31(17(14)19(22,23)24)12-4-2-3-11(20)7-12/h2-9H,1H3,(H,26,32). The van der Waals surface area contributed by atoms with Gasteiger partial charge in [0.2, 0.25) is 0 Å². The highest BCUT2D eigenvalue weighted by Gasteiger charge is 2.40. The van der Waals surface area contributed by atoms with Crippen molar-refractivity contribution in [3.8, 4) is 11.4 Å². The number of tetrazole rings is 1. The molecule has 0 spiro atoms. The van der Waals surface area contributed by atoms with Crippen LogP contribution in [0.3, 0.4) is 0 Å². The van der Waals surface area contributed by atoms with Gasteiger partial charge in [0, 0.05) is 5.02 Å². The Morgan fingerprint density at radius 1 is 1.09 bits per heavy atom. The van der Waals surface area contributed by atoms with Gasteiger partial charge in [-0.05, 0) is 53.7 Å². The molecule has 0 atom stereocenters. The molecule has 13 heteroatoms. The lowest BCUT2D eigenvalue weighted by atomic mass is 10.2. The molecule has 164 valence electrons. The summed E-state index contributed by atoms with van der Waals surface area (Å²) in [6.45, 7) is 1.60. The van der Waals surface area contributed by atoms with Gasteiger partial charge in [0.1, 0.15) is 5.82 Å². The van der Waals surface area contributed by atoms with Crippen molar-refractivity contribution in [2.24, 2.45) is 0 Å². The van der Waals surface area contributed by atoms with Gasteiger partial charge in [0.05, 0.1) is 28.8 Å². The first-order valence-electron chi connectivity index (χ1n) is 8.92. The van der Waals surface area contributed by atoms with Gasteiger partial charge in [0.15, 0.2) is 11.5 Å². The van der Waals surface area contributed by atoms with Crippen molar-refractivity contribution >= 4 is 23.2 Å². The van der Waals surface area contributed by atoms with Gasteiger partial charge in [-0.15, -0.1) is 5.10 Å². The first kappa shape index (κ1) is 21.4. The zero-order valence-electron chi connectivity index (χ0n) is 16.1. The number of hydrogen-bond acceptors (Lipinski definition) is 5. The summed E-state index contributed by atoms with van der Waals surface area (Å²) in [6.07, 6.45) is -4.18. The van der Waals surface area contributed by atoms with E-state index < -0.39 is 29.2 Å². The summed E-state index contributed by atoms with van der Waals surface area (Å²) in [7, 11) is 0. The van der Waals surface area contributed by atoms with Crippen LogP contribution in [-0.4, -0.2) is 35.9 Å². The third-order valence-corrected chi connectivity index (χ3v) is 4.64. The summed E-state index contributed by atoms with van der Waals surface area (Å²) in [5, 5.41) is 17.0. The molecule has 4 rings (SSSR count). The first-order valence-corrected chi connectivity index (χ1v) is 9.30. The lowest BCUT2D eigenvalue weighted by Gasteiger charge is -2.13. The van der Waals surface area contributed by atoms with E-state index in [1.165, 1.54) is 41.1 Å². The number of carbonyl (C=O) groups is 1. The van der Waals surface area contributed by atoms with E-state index in [1.54, 1.807) is 6.92 Å². The van der Waals surface area contributed by atoms with Crippen LogP contribution in [0, 0.1) is 12.7 Å². The summed E-state index contributed by atoms with van der Waals surface area (Å²) in [5.74, 6) is -1.67. The number of hydrogen-bond donors (Lipinski definition) is 1. The molecule has 2 aromatic heterocycles. The fourth-order valence-corrected chi connectivity index (χ4v) is 3.18. The van der Waals surface area contributed by atoms with Gasteiger partial charge in [-0.1, -0.05) is 17.7 Å². The van der Waals surface area contributed by atoms with Gasteiger partial charge in [-0.3, -0.25) is 4.79 Å². The average Bonchev–Trinajstić information content (AvgIpc) is 3.36. The molecule has 2 heterocycles. The predicted molar refractivity (Wildman–Crippen MR) is 105 cm³/mol. The van der Waals surface area contributed by atoms with Gasteiger partial charge in [-0.25, -0.2) is 9.07 Å². The zero-order valence-corrected chi connectivity index (χ0v) is 16.9. The average molecular weight is 466 g/mol. The maximum atomic E-state index is 14.3. The smallest absolute Gasteiger partial charge is 0.319 e. The summed E-state index contributed by atoms with van der Waals surface area (Å²) in [4.78, 5) is 12.7. The Morgan fingerprint density at radius 3 is 2.50 bits per heavy atom. The lowest BCUT2D eigenvalue weighted by Crippen LogP contribution is -2.21. The Labute approximate surface area is 182 Å². The molecule has 0 bridgehead atoms. The normalized spacial score (nSPS) is 11.6. The Morgan fingerprint density at radius 2 is 1.84 bits per heavy atom. The second-order valence-electron chi connectivity index (χ2n) is 6.55. The van der Waals surface area contributed by atoms with Crippen LogP contribution in [0.15, 0.2) is 48.7 Å². The minimum absolute atomic E-state index is 0.00575. The number of alkyl halides is 3. The van der Waals surface area contributed by atoms with E-state index >= 15 is 0 Å². The van der Waals surface area contributed by atoms with E-state index in [1.807, 2.05) is 0 Å². The van der Waals surface area contributed by atoms with Crippen LogP contribution in [0.25, 0.3) is 11.4 Å². The van der Waals surface area contributed by atoms with Crippen molar-refractivity contribution in [2.45, 2.75) is 13.1 Å². The maximum absolute atomic E-state index is 14.3. The van der Waals surface area contributed by atoms with Crippen molar-refractivity contribution in [1.82, 2.24) is 30.0 Å². The van der Waals surface area contributed by atoms with E-state index in [2.05, 4.69) is 25.9 Å². The fraction of sp³-hybridized carbons (Fsp3) is 0.105. The van der Waals surface area contributed by atoms with Crippen LogP contribution in [0.5, 0.6) is 0 Å². The Bertz CT molecular complexity index is 1320. The number of anilines is 1. The van der Waals surface area contributed by atoms with Gasteiger partial charge in [0.25, 0.3) is 5.91 Å². The van der Waals surface area contributed by atoms with Crippen LogP contribution in [0.1, 0.15) is 21.9 Å². The third kappa shape index (κ3) is 4.04. The molecule has 0 fully saturated rings. The summed E-state index contributed by atoms with van der Waals surface area (Å²) >= 11 is 5.86. The number of carbonyl (C=O) groups excluding carboxylic acids is 1. The summed E-state index contributed by atoms with van der Waals surface area (Å²) < 4.78 is 57.6. The topological polar surface area (TPSA) is 90.5 Å². The van der Waals surface area contributed by atoms with Crippen LogP contribution < -0.4 is 5.32 Å². The Hall–Kier alpha value is -3.80. The molecule has 0 saturated heterocycles. The number of halogens is 5. The molecular formula is C19H12ClF4N7O. The number of nitrogens with zero attached hydrogens (tertiary/aromatic N) is 6. The van der Waals surface area contributed by atoms with Gasteiger partial charge >= 0.3 is 6.18 Å².